The molecular formula is C74H144O17P2. The molecule has 0 aromatic rings. The highest BCUT2D eigenvalue weighted by molar-refractivity contribution is 7.47. The summed E-state index contributed by atoms with van der Waals surface area (Å²) in [6, 6.07) is 0. The molecule has 0 saturated carbocycles. The van der Waals surface area contributed by atoms with Gasteiger partial charge in [0.1, 0.15) is 19.3 Å². The van der Waals surface area contributed by atoms with Gasteiger partial charge in [-0.05, 0) is 43.4 Å². The number of hydrogen-bond donors (Lipinski definition) is 3. The lowest BCUT2D eigenvalue weighted by atomic mass is 9.99. The summed E-state index contributed by atoms with van der Waals surface area (Å²) < 4.78 is 68.5. The van der Waals surface area contributed by atoms with Crippen LogP contribution in [0.5, 0.6) is 0 Å². The van der Waals surface area contributed by atoms with Crippen molar-refractivity contribution in [1.82, 2.24) is 0 Å². The number of aliphatic hydroxyl groups is 1. The fourth-order valence-electron chi connectivity index (χ4n) is 11.2. The zero-order valence-corrected chi connectivity index (χ0v) is 62.5. The molecule has 0 saturated heterocycles. The molecule has 0 aliphatic carbocycles. The summed E-state index contributed by atoms with van der Waals surface area (Å²) in [6.07, 6.45) is 49.7. The molecule has 17 nitrogen and oxygen atoms in total. The Hall–Kier alpha value is -1.94. The Bertz CT molecular complexity index is 1820. The van der Waals surface area contributed by atoms with E-state index in [0.717, 1.165) is 108 Å². The average Bonchev–Trinajstić information content (AvgIpc) is 2.03. The minimum Gasteiger partial charge on any atom is -0.462 e. The van der Waals surface area contributed by atoms with Gasteiger partial charge in [-0.2, -0.15) is 0 Å². The van der Waals surface area contributed by atoms with Crippen LogP contribution >= 0.6 is 15.6 Å². The van der Waals surface area contributed by atoms with Gasteiger partial charge < -0.3 is 33.8 Å². The van der Waals surface area contributed by atoms with Gasteiger partial charge in [-0.25, -0.2) is 9.13 Å². The van der Waals surface area contributed by atoms with Gasteiger partial charge in [0.15, 0.2) is 12.2 Å². The van der Waals surface area contributed by atoms with Crippen LogP contribution in [0.15, 0.2) is 0 Å². The molecule has 0 aromatic carbocycles. The maximum Gasteiger partial charge on any atom is 0.472 e. The second-order valence-electron chi connectivity index (χ2n) is 27.4. The van der Waals surface area contributed by atoms with Crippen molar-refractivity contribution in [3.8, 4) is 0 Å². The predicted molar refractivity (Wildman–Crippen MR) is 377 cm³/mol. The second-order valence-corrected chi connectivity index (χ2v) is 30.3. The van der Waals surface area contributed by atoms with E-state index in [2.05, 4.69) is 48.5 Å². The number of rotatable bonds is 72. The topological polar surface area (TPSA) is 237 Å². The molecule has 0 heterocycles. The maximum atomic E-state index is 13.1. The third kappa shape index (κ3) is 64.5. The molecule has 0 amide bonds. The molecule has 0 aliphatic rings. The van der Waals surface area contributed by atoms with Gasteiger partial charge in [0.05, 0.1) is 26.4 Å². The smallest absolute Gasteiger partial charge is 0.462 e. The van der Waals surface area contributed by atoms with Gasteiger partial charge in [0, 0.05) is 25.7 Å². The number of aliphatic hydroxyl groups excluding tert-OH is 1. The third-order valence-corrected chi connectivity index (χ3v) is 20.1. The minimum atomic E-state index is -4.96. The number of esters is 4. The van der Waals surface area contributed by atoms with Crippen LogP contribution in [0.3, 0.4) is 0 Å². The Morgan fingerprint density at radius 1 is 0.301 bits per heavy atom. The van der Waals surface area contributed by atoms with Gasteiger partial charge in [-0.3, -0.25) is 37.3 Å². The summed E-state index contributed by atoms with van der Waals surface area (Å²) in [5, 5.41) is 10.6. The fraction of sp³-hybridized carbons (Fsp3) is 0.946. The monoisotopic (exact) mass is 1370 g/mol. The summed E-state index contributed by atoms with van der Waals surface area (Å²) in [7, 11) is -9.91. The molecule has 0 fully saturated rings. The highest BCUT2D eigenvalue weighted by atomic mass is 31.2. The summed E-state index contributed by atoms with van der Waals surface area (Å²) >= 11 is 0. The highest BCUT2D eigenvalue weighted by Crippen LogP contribution is 2.45. The van der Waals surface area contributed by atoms with Crippen molar-refractivity contribution in [2.24, 2.45) is 17.8 Å². The molecule has 5 unspecified atom stereocenters. The largest absolute Gasteiger partial charge is 0.472 e. The lowest BCUT2D eigenvalue weighted by Gasteiger charge is -2.21. The van der Waals surface area contributed by atoms with Gasteiger partial charge in [-0.15, -0.1) is 0 Å². The lowest BCUT2D eigenvalue weighted by molar-refractivity contribution is -0.161. The molecule has 19 heteroatoms. The number of phosphoric acid groups is 2. The van der Waals surface area contributed by atoms with Crippen LogP contribution in [-0.2, 0) is 65.4 Å². The molecule has 0 aromatic heterocycles. The lowest BCUT2D eigenvalue weighted by Crippen LogP contribution is -2.30. The van der Waals surface area contributed by atoms with Crippen molar-refractivity contribution < 1.29 is 80.2 Å². The van der Waals surface area contributed by atoms with Crippen molar-refractivity contribution in [2.45, 2.75) is 394 Å². The first-order chi connectivity index (χ1) is 44.8. The van der Waals surface area contributed by atoms with Gasteiger partial charge in [0.25, 0.3) is 0 Å². The molecule has 552 valence electrons. The van der Waals surface area contributed by atoms with Crippen LogP contribution in [-0.4, -0.2) is 96.7 Å². The van der Waals surface area contributed by atoms with Crippen LogP contribution in [0.1, 0.15) is 376 Å². The minimum absolute atomic E-state index is 0.105. The number of hydrogen-bond acceptors (Lipinski definition) is 15. The van der Waals surface area contributed by atoms with Crippen molar-refractivity contribution in [3.05, 3.63) is 0 Å². The Morgan fingerprint density at radius 2 is 0.516 bits per heavy atom. The second kappa shape index (κ2) is 64.7. The predicted octanol–water partition coefficient (Wildman–Crippen LogP) is 21.4. The van der Waals surface area contributed by atoms with Gasteiger partial charge in [-0.1, -0.05) is 325 Å². The molecular weight excluding hydrogens is 1220 g/mol. The van der Waals surface area contributed by atoms with Crippen molar-refractivity contribution in [1.29, 1.82) is 0 Å². The number of carbonyl (C=O) groups is 4. The number of phosphoric ester groups is 2. The molecule has 93 heavy (non-hydrogen) atoms. The van der Waals surface area contributed by atoms with Gasteiger partial charge >= 0.3 is 39.5 Å². The van der Waals surface area contributed by atoms with E-state index >= 15 is 0 Å². The maximum absolute atomic E-state index is 13.1. The van der Waals surface area contributed by atoms with E-state index in [-0.39, 0.29) is 25.7 Å². The normalized spacial score (nSPS) is 15.0. The van der Waals surface area contributed by atoms with E-state index in [1.54, 1.807) is 0 Å². The Balaban J connectivity index is 5.25. The van der Waals surface area contributed by atoms with Crippen LogP contribution in [0.25, 0.3) is 0 Å². The van der Waals surface area contributed by atoms with Crippen LogP contribution < -0.4 is 0 Å². The molecule has 0 rings (SSSR count). The standard InChI is InChI=1S/C74H144O17P2/c1-8-12-13-14-15-16-21-25-34-41-48-55-71(76)84-61-70(91-74(79)58-51-44-37-30-28-33-40-47-54-67(7)11-4)64-89-93(82,83)87-60-68(75)59-86-92(80,81)88-63-69(62-85-72(77)56-49-42-35-29-27-32-39-46-53-66(6)10-3)90-73(78)57-50-43-36-26-23-20-18-17-19-22-24-31-38-45-52-65(5)9-2/h65-70,75H,8-64H2,1-7H3,(H,80,81)(H,82,83)/t65?,66?,67?,68-,69-,70-/m1/s1. The van der Waals surface area contributed by atoms with E-state index < -0.39 is 97.5 Å². The number of carbonyl (C=O) groups excluding carboxylic acids is 4. The molecule has 0 spiro atoms. The Morgan fingerprint density at radius 3 is 0.763 bits per heavy atom. The van der Waals surface area contributed by atoms with E-state index in [1.165, 1.54) is 186 Å². The van der Waals surface area contributed by atoms with E-state index in [0.29, 0.717) is 25.7 Å². The first-order valence-electron chi connectivity index (χ1n) is 38.5. The molecule has 0 aliphatic heterocycles. The van der Waals surface area contributed by atoms with E-state index in [9.17, 15) is 43.2 Å². The number of unbranched alkanes of at least 4 members (excludes halogenated alkanes) is 37. The summed E-state index contributed by atoms with van der Waals surface area (Å²) in [5.41, 5.74) is 0. The zero-order valence-electron chi connectivity index (χ0n) is 60.7. The summed E-state index contributed by atoms with van der Waals surface area (Å²) in [6.45, 7) is 11.9. The van der Waals surface area contributed by atoms with E-state index in [4.69, 9.17) is 37.0 Å². The van der Waals surface area contributed by atoms with Crippen molar-refractivity contribution >= 4 is 39.5 Å². The highest BCUT2D eigenvalue weighted by Gasteiger charge is 2.30. The van der Waals surface area contributed by atoms with Crippen molar-refractivity contribution in [2.75, 3.05) is 39.6 Å². The molecule has 0 radical (unpaired) electrons. The van der Waals surface area contributed by atoms with Crippen molar-refractivity contribution in [3.63, 3.8) is 0 Å². The van der Waals surface area contributed by atoms with Crippen LogP contribution in [0, 0.1) is 17.8 Å². The van der Waals surface area contributed by atoms with Gasteiger partial charge in [0.2, 0.25) is 0 Å². The van der Waals surface area contributed by atoms with Crippen LogP contribution in [0.2, 0.25) is 0 Å². The Labute approximate surface area is 568 Å². The molecule has 8 atom stereocenters. The summed E-state index contributed by atoms with van der Waals surface area (Å²) in [5.74, 6) is 0.272. The Kier molecular flexibility index (Phi) is 63.4. The quantitative estimate of drug-likeness (QED) is 0.0222. The van der Waals surface area contributed by atoms with E-state index in [1.807, 2.05) is 0 Å². The fourth-order valence-corrected chi connectivity index (χ4v) is 12.7. The third-order valence-electron chi connectivity index (χ3n) is 18.2. The SMILES string of the molecule is CCCCCCCCCCCCCC(=O)OC[C@H](COP(=O)(O)OC[C@H](O)COP(=O)(O)OC[C@@H](COC(=O)CCCCCCCCCCC(C)CC)OC(=O)CCCCCCCCCCCCCCCCC(C)CC)OC(=O)CCCCCCCCCCC(C)CC. The average molecular weight is 1370 g/mol. The van der Waals surface area contributed by atoms with Crippen LogP contribution in [0.4, 0.5) is 0 Å². The summed E-state index contributed by atoms with van der Waals surface area (Å²) in [4.78, 5) is 72.7. The first kappa shape index (κ1) is 91.1. The first-order valence-corrected chi connectivity index (χ1v) is 41.5. The zero-order chi connectivity index (χ0) is 68.7. The molecule has 3 N–H and O–H groups in total. The molecule has 0 bridgehead atoms. The number of ether oxygens (including phenoxy) is 4.